The molecule has 0 aliphatic rings. The highest BCUT2D eigenvalue weighted by Gasteiger charge is 2.37. The van der Waals surface area contributed by atoms with Crippen molar-refractivity contribution in [3.05, 3.63) is 215 Å². The van der Waals surface area contributed by atoms with Crippen LogP contribution in [0, 0.1) is 56.8 Å². The van der Waals surface area contributed by atoms with Crippen molar-refractivity contribution in [1.82, 2.24) is 28.2 Å². The quantitative estimate of drug-likeness (QED) is 0.130. The van der Waals surface area contributed by atoms with E-state index in [4.69, 9.17) is 9.97 Å². The Hall–Kier alpha value is -9.25. The van der Waals surface area contributed by atoms with Crippen LogP contribution in [0.15, 0.2) is 170 Å². The van der Waals surface area contributed by atoms with Gasteiger partial charge in [0.2, 0.25) is 0 Å². The number of para-hydroxylation sites is 6. The van der Waals surface area contributed by atoms with E-state index in [0.717, 1.165) is 163 Å². The SMILES string of the molecule is Cc1cccc2c3cccc(C)c3n(-c3c(C#N)c(-n4c5c(C)cccc5c5cccc(C)c54)c(-n4c5ccccc5c5cccnc54)c(-c4cc(CC(C)C)c(CC(C)C)cc4CC(C)C)c3-n3c4ccccc4c4cccnc43)c12. The highest BCUT2D eigenvalue weighted by atomic mass is 15.1. The van der Waals surface area contributed by atoms with Gasteiger partial charge in [0.05, 0.1) is 55.8 Å². The minimum absolute atomic E-state index is 0.306. The number of pyridine rings is 2. The number of aromatic nitrogens is 6. The van der Waals surface area contributed by atoms with Crippen LogP contribution in [-0.4, -0.2) is 28.2 Å². The zero-order valence-corrected chi connectivity index (χ0v) is 48.6. The zero-order chi connectivity index (χ0) is 56.4. The van der Waals surface area contributed by atoms with E-state index in [2.05, 4.69) is 251 Å². The number of aryl methyl sites for hydroxylation is 4. The molecule has 0 fully saturated rings. The van der Waals surface area contributed by atoms with Crippen LogP contribution in [0.3, 0.4) is 0 Å². The third-order valence-corrected chi connectivity index (χ3v) is 17.3. The average Bonchev–Trinajstić information content (AvgIpc) is 4.39. The molecule has 0 bridgehead atoms. The van der Waals surface area contributed by atoms with E-state index in [-0.39, 0.29) is 0 Å². The van der Waals surface area contributed by atoms with Crippen molar-refractivity contribution >= 4 is 87.5 Å². The number of nitrogens with zero attached hydrogens (tertiary/aromatic N) is 7. The van der Waals surface area contributed by atoms with Gasteiger partial charge in [0.25, 0.3) is 0 Å². The van der Waals surface area contributed by atoms with Crippen molar-refractivity contribution < 1.29 is 0 Å². The van der Waals surface area contributed by atoms with Gasteiger partial charge in [-0.2, -0.15) is 5.26 Å². The maximum absolute atomic E-state index is 13.2. The largest absolute Gasteiger partial charge is 0.305 e. The number of hydrogen-bond acceptors (Lipinski definition) is 3. The van der Waals surface area contributed by atoms with Crippen molar-refractivity contribution in [2.24, 2.45) is 17.8 Å². The molecule has 0 saturated carbocycles. The molecule has 8 aromatic carbocycles. The Morgan fingerprint density at radius 2 is 0.732 bits per heavy atom. The van der Waals surface area contributed by atoms with Crippen molar-refractivity contribution in [2.45, 2.75) is 88.5 Å². The van der Waals surface area contributed by atoms with Crippen LogP contribution in [-0.2, 0) is 19.3 Å². The van der Waals surface area contributed by atoms with Crippen LogP contribution >= 0.6 is 0 Å². The van der Waals surface area contributed by atoms with Crippen LogP contribution in [0.4, 0.5) is 0 Å². The van der Waals surface area contributed by atoms with Crippen molar-refractivity contribution in [1.29, 1.82) is 5.26 Å². The Morgan fingerprint density at radius 1 is 0.378 bits per heavy atom. The molecular formula is C75H67N7. The Kier molecular flexibility index (Phi) is 12.1. The molecule has 0 aliphatic carbocycles. The monoisotopic (exact) mass is 1070 g/mol. The van der Waals surface area contributed by atoms with Crippen molar-refractivity contribution in [3.8, 4) is 39.9 Å². The topological polar surface area (TPSA) is 69.3 Å². The lowest BCUT2D eigenvalue weighted by Gasteiger charge is -2.31. The molecule has 6 heterocycles. The molecule has 0 spiro atoms. The molecule has 0 unspecified atom stereocenters. The summed E-state index contributed by atoms with van der Waals surface area (Å²) in [4.78, 5) is 10.9. The third kappa shape index (κ3) is 7.60. The predicted molar refractivity (Wildman–Crippen MR) is 344 cm³/mol. The first-order valence-electron chi connectivity index (χ1n) is 29.3. The van der Waals surface area contributed by atoms with E-state index in [1.165, 1.54) is 16.7 Å². The summed E-state index contributed by atoms with van der Waals surface area (Å²) < 4.78 is 9.85. The molecule has 82 heavy (non-hydrogen) atoms. The third-order valence-electron chi connectivity index (χ3n) is 17.3. The summed E-state index contributed by atoms with van der Waals surface area (Å²) in [5.74, 6) is 1.13. The van der Waals surface area contributed by atoms with E-state index in [1.807, 2.05) is 12.4 Å². The van der Waals surface area contributed by atoms with Crippen LogP contribution in [0.5, 0.6) is 0 Å². The first kappa shape index (κ1) is 50.9. The van der Waals surface area contributed by atoms with E-state index in [9.17, 15) is 5.26 Å². The number of nitriles is 1. The Morgan fingerprint density at radius 3 is 1.12 bits per heavy atom. The predicted octanol–water partition coefficient (Wildman–Crippen LogP) is 19.2. The smallest absolute Gasteiger partial charge is 0.145 e. The van der Waals surface area contributed by atoms with Gasteiger partial charge in [-0.25, -0.2) is 9.97 Å². The van der Waals surface area contributed by atoms with Gasteiger partial charge in [0, 0.05) is 61.0 Å². The molecule has 7 nitrogen and oxygen atoms in total. The van der Waals surface area contributed by atoms with Crippen LogP contribution < -0.4 is 0 Å². The minimum Gasteiger partial charge on any atom is -0.305 e. The highest BCUT2D eigenvalue weighted by molar-refractivity contribution is 6.17. The standard InChI is InChI=1S/C75H67N7/c1-43(2)37-50-40-52(39-45(5)6)61(41-51(50)38-44(3)4)65-72(79-63-33-13-11-25-53(63)59-31-19-35-77-74(59)79)70(81-66-46(7)21-15-27-55(66)56-28-16-22-47(8)67(56)81)62(42-76)71(73(65)80-64-34-14-12-26-54(64)60-32-20-36-78-75(60)80)82-68-48(9)23-17-29-57(68)58-30-18-24-49(10)69(58)82/h11-36,40-41,43-45H,37-39H2,1-10H3. The number of fused-ring (bicyclic) bond motifs is 12. The molecule has 0 N–H and O–H groups in total. The fraction of sp³-hybridized carbons (Fsp3) is 0.213. The Labute approximate surface area is 479 Å². The maximum atomic E-state index is 13.2. The zero-order valence-electron chi connectivity index (χ0n) is 48.6. The molecule has 402 valence electrons. The van der Waals surface area contributed by atoms with Gasteiger partial charge in [-0.3, -0.25) is 9.13 Å². The van der Waals surface area contributed by atoms with Gasteiger partial charge in [-0.1, -0.05) is 163 Å². The summed E-state index contributed by atoms with van der Waals surface area (Å²) in [5.41, 5.74) is 22.4. The van der Waals surface area contributed by atoms with Gasteiger partial charge in [0.15, 0.2) is 0 Å². The molecule has 0 saturated heterocycles. The van der Waals surface area contributed by atoms with Gasteiger partial charge in [-0.05, 0) is 146 Å². The molecule has 0 amide bonds. The van der Waals surface area contributed by atoms with Crippen molar-refractivity contribution in [2.75, 3.05) is 0 Å². The second-order valence-electron chi connectivity index (χ2n) is 24.3. The molecular weight excluding hydrogens is 999 g/mol. The summed E-state index contributed by atoms with van der Waals surface area (Å²) in [5, 5.41) is 22.0. The minimum atomic E-state index is 0.306. The molecule has 0 aliphatic heterocycles. The van der Waals surface area contributed by atoms with E-state index >= 15 is 0 Å². The lowest BCUT2D eigenvalue weighted by molar-refractivity contribution is 0.612. The van der Waals surface area contributed by atoms with E-state index in [0.29, 0.717) is 23.3 Å². The summed E-state index contributed by atoms with van der Waals surface area (Å²) in [6.07, 6.45) is 6.55. The summed E-state index contributed by atoms with van der Waals surface area (Å²) in [6.45, 7) is 23.0. The van der Waals surface area contributed by atoms with E-state index < -0.39 is 0 Å². The molecule has 0 radical (unpaired) electrons. The lowest BCUT2D eigenvalue weighted by Crippen LogP contribution is -2.18. The van der Waals surface area contributed by atoms with E-state index in [1.54, 1.807) is 0 Å². The summed E-state index contributed by atoms with van der Waals surface area (Å²) in [6, 6.07) is 61.1. The Bertz CT molecular complexity index is 4510. The number of rotatable bonds is 11. The van der Waals surface area contributed by atoms with Crippen LogP contribution in [0.1, 0.15) is 86.1 Å². The second-order valence-corrected chi connectivity index (χ2v) is 24.3. The number of hydrogen-bond donors (Lipinski definition) is 0. The highest BCUT2D eigenvalue weighted by Crippen LogP contribution is 2.53. The van der Waals surface area contributed by atoms with Gasteiger partial charge < -0.3 is 9.13 Å². The lowest BCUT2D eigenvalue weighted by atomic mass is 9.83. The molecule has 14 aromatic rings. The van der Waals surface area contributed by atoms with Gasteiger partial charge in [-0.15, -0.1) is 0 Å². The summed E-state index contributed by atoms with van der Waals surface area (Å²) in [7, 11) is 0. The normalized spacial score (nSPS) is 12.2. The first-order chi connectivity index (χ1) is 39.8. The van der Waals surface area contributed by atoms with Crippen molar-refractivity contribution in [3.63, 3.8) is 0 Å². The fourth-order valence-electron chi connectivity index (χ4n) is 14.2. The molecule has 14 rings (SSSR count). The second kappa shape index (κ2) is 19.5. The van der Waals surface area contributed by atoms with Gasteiger partial charge in [0.1, 0.15) is 22.9 Å². The maximum Gasteiger partial charge on any atom is 0.145 e. The molecule has 7 heteroatoms. The Balaban J connectivity index is 1.41. The fourth-order valence-corrected chi connectivity index (χ4v) is 14.2. The summed E-state index contributed by atoms with van der Waals surface area (Å²) >= 11 is 0. The number of benzene rings is 8. The molecule has 6 aromatic heterocycles. The average molecular weight is 1070 g/mol. The van der Waals surface area contributed by atoms with Crippen LogP contribution in [0.2, 0.25) is 0 Å². The van der Waals surface area contributed by atoms with Crippen LogP contribution in [0.25, 0.3) is 121 Å². The van der Waals surface area contributed by atoms with Gasteiger partial charge >= 0.3 is 0 Å². The molecule has 0 atom stereocenters. The first-order valence-corrected chi connectivity index (χ1v) is 29.3.